The average Bonchev–Trinajstić information content (AvgIpc) is 3.13. The Kier molecular flexibility index (Phi) is 4.51. The highest BCUT2D eigenvalue weighted by Gasteiger charge is 2.17. The number of rotatable bonds is 4. The first-order valence-electron chi connectivity index (χ1n) is 6.31. The maximum absolute atomic E-state index is 12.1. The molecule has 6 nitrogen and oxygen atoms in total. The molecule has 118 valence electrons. The maximum atomic E-state index is 12.1. The van der Waals surface area contributed by atoms with E-state index in [4.69, 9.17) is 32.4 Å². The number of amides is 1. The minimum Gasteiger partial charge on any atom is -0.497 e. The molecule has 0 aliphatic carbocycles. The summed E-state index contributed by atoms with van der Waals surface area (Å²) in [7, 11) is 1.58. The largest absolute Gasteiger partial charge is 0.497 e. The van der Waals surface area contributed by atoms with E-state index in [0.29, 0.717) is 20.0 Å². The minimum atomic E-state index is -0.469. The van der Waals surface area contributed by atoms with E-state index >= 15 is 0 Å². The molecule has 1 N–H and O–H groups in total. The molecule has 9 heteroatoms. The Balaban J connectivity index is 1.76. The molecule has 0 radical (unpaired) electrons. The highest BCUT2D eigenvalue weighted by Crippen LogP contribution is 2.31. The van der Waals surface area contributed by atoms with Gasteiger partial charge in [-0.2, -0.15) is 0 Å². The quantitative estimate of drug-likeness (QED) is 0.738. The lowest BCUT2D eigenvalue weighted by Crippen LogP contribution is -2.11. The summed E-state index contributed by atoms with van der Waals surface area (Å²) in [6, 6.07) is 8.53. The van der Waals surface area contributed by atoms with Crippen LogP contribution < -0.4 is 10.1 Å². The van der Waals surface area contributed by atoms with Gasteiger partial charge in [0.05, 0.1) is 17.0 Å². The lowest BCUT2D eigenvalue weighted by Gasteiger charge is -2.00. The van der Waals surface area contributed by atoms with Gasteiger partial charge in [-0.15, -0.1) is 16.4 Å². The van der Waals surface area contributed by atoms with Crippen molar-refractivity contribution < 1.29 is 13.9 Å². The second-order valence-corrected chi connectivity index (χ2v) is 6.62. The van der Waals surface area contributed by atoms with Crippen molar-refractivity contribution in [3.8, 4) is 17.2 Å². The first-order chi connectivity index (χ1) is 11.1. The van der Waals surface area contributed by atoms with Crippen molar-refractivity contribution >= 4 is 46.5 Å². The molecule has 0 bridgehead atoms. The molecule has 0 spiro atoms. The second-order valence-electron chi connectivity index (χ2n) is 4.33. The van der Waals surface area contributed by atoms with Gasteiger partial charge in [-0.25, -0.2) is 0 Å². The Bertz CT molecular complexity index is 845. The summed E-state index contributed by atoms with van der Waals surface area (Å²) in [5.41, 5.74) is 0.960. The van der Waals surface area contributed by atoms with E-state index < -0.39 is 5.91 Å². The van der Waals surface area contributed by atoms with Crippen molar-refractivity contribution in [2.24, 2.45) is 0 Å². The van der Waals surface area contributed by atoms with Gasteiger partial charge in [-0.05, 0) is 30.3 Å². The summed E-state index contributed by atoms with van der Waals surface area (Å²) in [6.45, 7) is 0. The van der Waals surface area contributed by atoms with Crippen molar-refractivity contribution in [3.05, 3.63) is 44.6 Å². The molecule has 0 fully saturated rings. The third-order valence-corrected chi connectivity index (χ3v) is 4.37. The lowest BCUT2D eigenvalue weighted by molar-refractivity contribution is 0.102. The zero-order valence-electron chi connectivity index (χ0n) is 11.7. The van der Waals surface area contributed by atoms with Gasteiger partial charge in [0.25, 0.3) is 5.91 Å². The van der Waals surface area contributed by atoms with Gasteiger partial charge in [0, 0.05) is 5.56 Å². The summed E-state index contributed by atoms with van der Waals surface area (Å²) >= 11 is 12.8. The number of hydrogen-bond acceptors (Lipinski definition) is 6. The van der Waals surface area contributed by atoms with E-state index in [0.717, 1.165) is 11.3 Å². The summed E-state index contributed by atoms with van der Waals surface area (Å²) in [5.74, 6) is 0.520. The number of ether oxygens (including phenoxy) is 1. The Morgan fingerprint density at radius 1 is 1.26 bits per heavy atom. The molecule has 3 aromatic rings. The molecule has 0 aliphatic rings. The molecule has 2 heterocycles. The van der Waals surface area contributed by atoms with Crippen LogP contribution in [0, 0.1) is 0 Å². The van der Waals surface area contributed by atoms with E-state index in [1.54, 1.807) is 31.4 Å². The van der Waals surface area contributed by atoms with E-state index in [1.807, 2.05) is 0 Å². The standard InChI is InChI=1S/C14H9Cl2N3O3S/c1-21-8-4-2-7(3-5-8)13-18-19-14(22-13)17-12(20)9-6-10(15)23-11(9)16/h2-6H,1H3,(H,17,19,20). The predicted octanol–water partition coefficient (Wildman–Crippen LogP) is 4.37. The van der Waals surface area contributed by atoms with Crippen LogP contribution in [0.1, 0.15) is 10.4 Å². The van der Waals surface area contributed by atoms with Crippen LogP contribution in [-0.4, -0.2) is 23.2 Å². The number of nitrogens with zero attached hydrogens (tertiary/aromatic N) is 2. The monoisotopic (exact) mass is 369 g/mol. The highest BCUT2D eigenvalue weighted by molar-refractivity contribution is 7.20. The zero-order valence-corrected chi connectivity index (χ0v) is 14.0. The summed E-state index contributed by atoms with van der Waals surface area (Å²) in [6.07, 6.45) is 0. The van der Waals surface area contributed by atoms with Crippen LogP contribution in [0.3, 0.4) is 0 Å². The van der Waals surface area contributed by atoms with Gasteiger partial charge in [0.1, 0.15) is 10.1 Å². The normalized spacial score (nSPS) is 10.6. The van der Waals surface area contributed by atoms with Gasteiger partial charge >= 0.3 is 6.01 Å². The van der Waals surface area contributed by atoms with Gasteiger partial charge in [0.2, 0.25) is 5.89 Å². The van der Waals surface area contributed by atoms with Crippen molar-refractivity contribution in [1.82, 2.24) is 10.2 Å². The Hall–Kier alpha value is -2.09. The molecule has 23 heavy (non-hydrogen) atoms. The number of halogens is 2. The SMILES string of the molecule is COc1ccc(-c2nnc(NC(=O)c3cc(Cl)sc3Cl)o2)cc1. The third-order valence-electron chi connectivity index (χ3n) is 2.88. The molecule has 0 unspecified atom stereocenters. The summed E-state index contributed by atoms with van der Waals surface area (Å²) in [5, 5.41) is 10.2. The zero-order chi connectivity index (χ0) is 16.4. The molecule has 2 aromatic heterocycles. The molecule has 1 amide bonds. The smallest absolute Gasteiger partial charge is 0.322 e. The number of thiophene rings is 1. The number of carbonyl (C=O) groups excluding carboxylic acids is 1. The van der Waals surface area contributed by atoms with E-state index in [-0.39, 0.29) is 17.5 Å². The van der Waals surface area contributed by atoms with Crippen LogP contribution in [0.2, 0.25) is 8.67 Å². The molecular weight excluding hydrogens is 361 g/mol. The average molecular weight is 370 g/mol. The Labute approximate surface area is 145 Å². The Morgan fingerprint density at radius 3 is 2.61 bits per heavy atom. The number of carbonyl (C=O) groups is 1. The van der Waals surface area contributed by atoms with Crippen molar-refractivity contribution in [2.45, 2.75) is 0 Å². The molecule has 1 aromatic carbocycles. The van der Waals surface area contributed by atoms with Crippen molar-refractivity contribution in [3.63, 3.8) is 0 Å². The third kappa shape index (κ3) is 3.47. The molecule has 0 atom stereocenters. The predicted molar refractivity (Wildman–Crippen MR) is 88.6 cm³/mol. The minimum absolute atomic E-state index is 0.0285. The Morgan fingerprint density at radius 2 is 2.00 bits per heavy atom. The fourth-order valence-corrected chi connectivity index (χ4v) is 3.24. The molecule has 0 saturated carbocycles. The number of aromatic nitrogens is 2. The maximum Gasteiger partial charge on any atom is 0.322 e. The van der Waals surface area contributed by atoms with Crippen molar-refractivity contribution in [2.75, 3.05) is 12.4 Å². The number of nitrogens with one attached hydrogen (secondary N) is 1. The van der Waals surface area contributed by atoms with Crippen LogP contribution in [0.15, 0.2) is 34.7 Å². The number of methoxy groups -OCH3 is 1. The van der Waals surface area contributed by atoms with Crippen LogP contribution in [0.25, 0.3) is 11.5 Å². The topological polar surface area (TPSA) is 77.3 Å². The van der Waals surface area contributed by atoms with Crippen LogP contribution in [0.5, 0.6) is 5.75 Å². The van der Waals surface area contributed by atoms with E-state index in [9.17, 15) is 4.79 Å². The van der Waals surface area contributed by atoms with Crippen LogP contribution in [-0.2, 0) is 0 Å². The number of hydrogen-bond donors (Lipinski definition) is 1. The first-order valence-corrected chi connectivity index (χ1v) is 7.88. The van der Waals surface area contributed by atoms with E-state index in [1.165, 1.54) is 6.07 Å². The van der Waals surface area contributed by atoms with E-state index in [2.05, 4.69) is 15.5 Å². The van der Waals surface area contributed by atoms with Crippen LogP contribution in [0.4, 0.5) is 6.01 Å². The van der Waals surface area contributed by atoms with Gasteiger partial charge in [-0.1, -0.05) is 28.3 Å². The number of benzene rings is 1. The molecule has 0 saturated heterocycles. The van der Waals surface area contributed by atoms with Gasteiger partial charge in [-0.3, -0.25) is 10.1 Å². The summed E-state index contributed by atoms with van der Waals surface area (Å²) in [4.78, 5) is 12.1. The molecule has 0 aliphatic heterocycles. The van der Waals surface area contributed by atoms with Gasteiger partial charge in [0.15, 0.2) is 0 Å². The lowest BCUT2D eigenvalue weighted by atomic mass is 10.2. The van der Waals surface area contributed by atoms with Crippen LogP contribution >= 0.6 is 34.5 Å². The highest BCUT2D eigenvalue weighted by atomic mass is 35.5. The van der Waals surface area contributed by atoms with Gasteiger partial charge < -0.3 is 9.15 Å². The summed E-state index contributed by atoms with van der Waals surface area (Å²) < 4.78 is 11.2. The molecule has 3 rings (SSSR count). The second kappa shape index (κ2) is 6.57. The van der Waals surface area contributed by atoms with Crippen molar-refractivity contribution in [1.29, 1.82) is 0 Å². The first kappa shape index (κ1) is 15.8. The number of anilines is 1. The molecular formula is C14H9Cl2N3O3S. The fraction of sp³-hybridized carbons (Fsp3) is 0.0714. The fourth-order valence-electron chi connectivity index (χ4n) is 1.78.